The molecule has 0 aromatic heterocycles. The first-order valence-corrected chi connectivity index (χ1v) is 4.26. The molecule has 0 aromatic rings. The number of carbonyl (C=O) groups excluding carboxylic acids is 1. The second-order valence-corrected chi connectivity index (χ2v) is 3.26. The molecule has 1 heterocycles. The normalized spacial score (nSPS) is 19.0. The van der Waals surface area contributed by atoms with Crippen LogP contribution in [-0.2, 0) is 4.79 Å². The Bertz CT molecular complexity index is 139. The fourth-order valence-electron chi connectivity index (χ4n) is 1.19. The quantitative estimate of drug-likeness (QED) is 0.608. The molecule has 3 nitrogen and oxygen atoms in total. The summed E-state index contributed by atoms with van der Waals surface area (Å²) in [6.45, 7) is 5.67. The number of nitrogens with zero attached hydrogens (tertiary/aromatic N) is 1. The topological polar surface area (TPSA) is 32.3 Å². The van der Waals surface area contributed by atoms with E-state index in [-0.39, 0.29) is 11.8 Å². The van der Waals surface area contributed by atoms with Crippen LogP contribution >= 0.6 is 0 Å². The summed E-state index contributed by atoms with van der Waals surface area (Å²) in [5, 5.41) is 1.74. The molecule has 0 bridgehead atoms. The summed E-state index contributed by atoms with van der Waals surface area (Å²) in [4.78, 5) is 11.4. The van der Waals surface area contributed by atoms with Crippen molar-refractivity contribution in [1.29, 1.82) is 0 Å². The van der Waals surface area contributed by atoms with Gasteiger partial charge in [0.2, 0.25) is 5.91 Å². The van der Waals surface area contributed by atoms with Gasteiger partial charge in [-0.15, -0.1) is 0 Å². The standard InChI is InChI=1S/C8H16N2O/c1-7(2)8(11)10-6-4-3-5-9-10/h7,9H,3-6H2,1-2H3. The summed E-state index contributed by atoms with van der Waals surface area (Å²) in [6, 6.07) is 0. The summed E-state index contributed by atoms with van der Waals surface area (Å²) in [5.74, 6) is 0.324. The van der Waals surface area contributed by atoms with E-state index in [9.17, 15) is 4.79 Å². The summed E-state index contributed by atoms with van der Waals surface area (Å²) in [6.07, 6.45) is 2.31. The van der Waals surface area contributed by atoms with Crippen LogP contribution in [0.1, 0.15) is 26.7 Å². The van der Waals surface area contributed by atoms with Crippen molar-refractivity contribution >= 4 is 5.91 Å². The van der Waals surface area contributed by atoms with Gasteiger partial charge in [0.15, 0.2) is 0 Å². The minimum Gasteiger partial charge on any atom is -0.278 e. The van der Waals surface area contributed by atoms with Crippen molar-refractivity contribution in [3.8, 4) is 0 Å². The van der Waals surface area contributed by atoms with Crippen LogP contribution in [0.4, 0.5) is 0 Å². The van der Waals surface area contributed by atoms with Gasteiger partial charge in [-0.1, -0.05) is 13.8 Å². The van der Waals surface area contributed by atoms with Crippen LogP contribution in [0, 0.1) is 5.92 Å². The Morgan fingerprint density at radius 1 is 1.45 bits per heavy atom. The molecule has 1 N–H and O–H groups in total. The van der Waals surface area contributed by atoms with Gasteiger partial charge in [0.25, 0.3) is 0 Å². The second kappa shape index (κ2) is 3.72. The molecule has 0 saturated carbocycles. The van der Waals surface area contributed by atoms with Gasteiger partial charge in [0.05, 0.1) is 0 Å². The van der Waals surface area contributed by atoms with Crippen molar-refractivity contribution in [2.24, 2.45) is 5.92 Å². The number of hydrogen-bond donors (Lipinski definition) is 1. The third-order valence-electron chi connectivity index (χ3n) is 1.87. The smallest absolute Gasteiger partial charge is 0.239 e. The molecule has 0 atom stereocenters. The molecule has 1 rings (SSSR count). The van der Waals surface area contributed by atoms with E-state index >= 15 is 0 Å². The van der Waals surface area contributed by atoms with E-state index in [0.29, 0.717) is 0 Å². The largest absolute Gasteiger partial charge is 0.278 e. The minimum absolute atomic E-state index is 0.112. The lowest BCUT2D eigenvalue weighted by Gasteiger charge is -2.28. The van der Waals surface area contributed by atoms with Crippen LogP contribution in [0.25, 0.3) is 0 Å². The molecule has 1 aliphatic heterocycles. The highest BCUT2D eigenvalue weighted by Gasteiger charge is 2.18. The van der Waals surface area contributed by atoms with E-state index in [0.717, 1.165) is 19.5 Å². The van der Waals surface area contributed by atoms with Crippen molar-refractivity contribution < 1.29 is 4.79 Å². The van der Waals surface area contributed by atoms with Crippen LogP contribution < -0.4 is 5.43 Å². The maximum absolute atomic E-state index is 11.4. The molecular formula is C8H16N2O. The SMILES string of the molecule is CC(C)C(=O)N1CCCCN1. The van der Waals surface area contributed by atoms with Gasteiger partial charge in [-0.25, -0.2) is 5.43 Å². The predicted molar refractivity (Wildman–Crippen MR) is 43.8 cm³/mol. The van der Waals surface area contributed by atoms with Gasteiger partial charge in [0.1, 0.15) is 0 Å². The summed E-state index contributed by atoms with van der Waals surface area (Å²) >= 11 is 0. The fraction of sp³-hybridized carbons (Fsp3) is 0.875. The first-order chi connectivity index (χ1) is 5.22. The summed E-state index contributed by atoms with van der Waals surface area (Å²) in [7, 11) is 0. The first kappa shape index (κ1) is 8.53. The first-order valence-electron chi connectivity index (χ1n) is 4.26. The number of nitrogens with one attached hydrogen (secondary N) is 1. The predicted octanol–water partition coefficient (Wildman–Crippen LogP) is 0.769. The zero-order valence-electron chi connectivity index (χ0n) is 7.26. The Balaban J connectivity index is 2.39. The average Bonchev–Trinajstić information content (AvgIpc) is 2.05. The molecule has 11 heavy (non-hydrogen) atoms. The van der Waals surface area contributed by atoms with Crippen molar-refractivity contribution in [3.05, 3.63) is 0 Å². The van der Waals surface area contributed by atoms with Crippen LogP contribution in [0.15, 0.2) is 0 Å². The molecule has 3 heteroatoms. The molecule has 0 unspecified atom stereocenters. The Labute approximate surface area is 67.7 Å². The van der Waals surface area contributed by atoms with Crippen LogP contribution in [-0.4, -0.2) is 24.0 Å². The monoisotopic (exact) mass is 156 g/mol. The number of rotatable bonds is 1. The van der Waals surface area contributed by atoms with Crippen molar-refractivity contribution in [2.45, 2.75) is 26.7 Å². The van der Waals surface area contributed by atoms with Gasteiger partial charge < -0.3 is 0 Å². The number of amides is 1. The summed E-state index contributed by atoms with van der Waals surface area (Å²) in [5.41, 5.74) is 3.08. The number of carbonyl (C=O) groups is 1. The van der Waals surface area contributed by atoms with Crippen molar-refractivity contribution in [1.82, 2.24) is 10.4 Å². The van der Waals surface area contributed by atoms with Crippen molar-refractivity contribution in [2.75, 3.05) is 13.1 Å². The third kappa shape index (κ3) is 2.19. The van der Waals surface area contributed by atoms with Crippen molar-refractivity contribution in [3.63, 3.8) is 0 Å². The van der Waals surface area contributed by atoms with Crippen LogP contribution in [0.5, 0.6) is 0 Å². The Morgan fingerprint density at radius 3 is 2.64 bits per heavy atom. The van der Waals surface area contributed by atoms with Gasteiger partial charge in [-0.2, -0.15) is 0 Å². The van der Waals surface area contributed by atoms with Gasteiger partial charge in [-0.3, -0.25) is 9.80 Å². The van der Waals surface area contributed by atoms with E-state index < -0.39 is 0 Å². The maximum atomic E-state index is 11.4. The van der Waals surface area contributed by atoms with E-state index in [1.807, 2.05) is 13.8 Å². The number of hydrazine groups is 1. The molecule has 1 saturated heterocycles. The highest BCUT2D eigenvalue weighted by atomic mass is 16.2. The van der Waals surface area contributed by atoms with Crippen LogP contribution in [0.3, 0.4) is 0 Å². The maximum Gasteiger partial charge on any atom is 0.239 e. The molecule has 0 spiro atoms. The van der Waals surface area contributed by atoms with E-state index in [1.165, 1.54) is 6.42 Å². The fourth-order valence-corrected chi connectivity index (χ4v) is 1.19. The minimum atomic E-state index is 0.112. The van der Waals surface area contributed by atoms with Gasteiger partial charge >= 0.3 is 0 Å². The van der Waals surface area contributed by atoms with E-state index in [2.05, 4.69) is 5.43 Å². The molecule has 0 radical (unpaired) electrons. The molecule has 0 aliphatic carbocycles. The average molecular weight is 156 g/mol. The van der Waals surface area contributed by atoms with Crippen LogP contribution in [0.2, 0.25) is 0 Å². The highest BCUT2D eigenvalue weighted by molar-refractivity contribution is 5.77. The lowest BCUT2D eigenvalue weighted by atomic mass is 10.2. The lowest BCUT2D eigenvalue weighted by Crippen LogP contribution is -2.48. The molecule has 1 fully saturated rings. The van der Waals surface area contributed by atoms with E-state index in [1.54, 1.807) is 5.01 Å². The second-order valence-electron chi connectivity index (χ2n) is 3.26. The van der Waals surface area contributed by atoms with E-state index in [4.69, 9.17) is 0 Å². The van der Waals surface area contributed by atoms with Gasteiger partial charge in [0, 0.05) is 19.0 Å². The zero-order chi connectivity index (χ0) is 8.27. The zero-order valence-corrected chi connectivity index (χ0v) is 7.26. The number of hydrogen-bond acceptors (Lipinski definition) is 2. The molecule has 0 aromatic carbocycles. The third-order valence-corrected chi connectivity index (χ3v) is 1.87. The molecule has 1 aliphatic rings. The molecule has 1 amide bonds. The Morgan fingerprint density at radius 2 is 2.18 bits per heavy atom. The highest BCUT2D eigenvalue weighted by Crippen LogP contribution is 2.04. The summed E-state index contributed by atoms with van der Waals surface area (Å²) < 4.78 is 0. The Kier molecular flexibility index (Phi) is 2.88. The van der Waals surface area contributed by atoms with Gasteiger partial charge in [-0.05, 0) is 12.8 Å². The Hall–Kier alpha value is -0.570. The molecule has 64 valence electrons. The lowest BCUT2D eigenvalue weighted by molar-refractivity contribution is -0.138. The molecular weight excluding hydrogens is 140 g/mol.